The third kappa shape index (κ3) is 2.29. The average Bonchev–Trinajstić information content (AvgIpc) is 3.19. The van der Waals surface area contributed by atoms with Gasteiger partial charge in [0.15, 0.2) is 5.13 Å². The summed E-state index contributed by atoms with van der Waals surface area (Å²) >= 11 is 3.22. The van der Waals surface area contributed by atoms with E-state index in [-0.39, 0.29) is 11.3 Å². The van der Waals surface area contributed by atoms with E-state index in [1.54, 1.807) is 22.4 Å². The predicted molar refractivity (Wildman–Crippen MR) is 84.6 cm³/mol. The molecule has 2 heterocycles. The molecule has 3 rings (SSSR count). The monoisotopic (exact) mass is 306 g/mol. The number of hydrogen-bond donors (Lipinski definition) is 0. The summed E-state index contributed by atoms with van der Waals surface area (Å²) in [5.41, 5.74) is -0.327. The van der Waals surface area contributed by atoms with E-state index in [0.717, 1.165) is 30.8 Å². The Balaban J connectivity index is 1.95. The van der Waals surface area contributed by atoms with E-state index >= 15 is 0 Å². The molecule has 0 unspecified atom stereocenters. The number of thiophene rings is 1. The Morgan fingerprint density at radius 1 is 1.25 bits per heavy atom. The maximum Gasteiger partial charge on any atom is 0.239 e. The summed E-state index contributed by atoms with van der Waals surface area (Å²) in [7, 11) is 1.85. The van der Waals surface area contributed by atoms with Crippen LogP contribution in [0.3, 0.4) is 0 Å². The predicted octanol–water partition coefficient (Wildman–Crippen LogP) is 4.07. The summed E-state index contributed by atoms with van der Waals surface area (Å²) in [5.74, 6) is 0.203. The van der Waals surface area contributed by atoms with Gasteiger partial charge in [-0.2, -0.15) is 0 Å². The zero-order valence-corrected chi connectivity index (χ0v) is 13.2. The Morgan fingerprint density at radius 3 is 2.65 bits per heavy atom. The van der Waals surface area contributed by atoms with E-state index in [0.29, 0.717) is 0 Å². The van der Waals surface area contributed by atoms with Crippen molar-refractivity contribution in [2.24, 2.45) is 0 Å². The molecule has 1 aliphatic rings. The highest BCUT2D eigenvalue weighted by Gasteiger charge is 2.44. The molecule has 1 fully saturated rings. The van der Waals surface area contributed by atoms with E-state index in [1.165, 1.54) is 22.6 Å². The van der Waals surface area contributed by atoms with Gasteiger partial charge in [0.1, 0.15) is 0 Å². The summed E-state index contributed by atoms with van der Waals surface area (Å²) in [4.78, 5) is 20.3. The number of carbonyl (C=O) groups is 1. The molecule has 0 aliphatic heterocycles. The van der Waals surface area contributed by atoms with Crippen LogP contribution in [0, 0.1) is 0 Å². The van der Waals surface area contributed by atoms with Crippen molar-refractivity contribution in [3.63, 3.8) is 0 Å². The number of hydrogen-bond acceptors (Lipinski definition) is 4. The first-order valence-corrected chi connectivity index (χ1v) is 8.72. The summed E-state index contributed by atoms with van der Waals surface area (Å²) in [6, 6.07) is 4.16. The molecule has 5 heteroatoms. The van der Waals surface area contributed by atoms with E-state index in [9.17, 15) is 4.79 Å². The average molecular weight is 306 g/mol. The molecule has 0 atom stereocenters. The van der Waals surface area contributed by atoms with Crippen molar-refractivity contribution >= 4 is 33.7 Å². The number of rotatable bonds is 3. The number of anilines is 1. The second-order valence-electron chi connectivity index (χ2n) is 5.30. The van der Waals surface area contributed by atoms with Crippen LogP contribution in [0.4, 0.5) is 5.13 Å². The third-order valence-electron chi connectivity index (χ3n) is 4.12. The van der Waals surface area contributed by atoms with Gasteiger partial charge in [0, 0.05) is 23.5 Å². The highest BCUT2D eigenvalue weighted by Crippen LogP contribution is 2.43. The second kappa shape index (κ2) is 5.66. The zero-order chi connectivity index (χ0) is 14.0. The van der Waals surface area contributed by atoms with E-state index in [4.69, 9.17) is 0 Å². The van der Waals surface area contributed by atoms with Gasteiger partial charge in [0.05, 0.1) is 5.41 Å². The molecule has 20 heavy (non-hydrogen) atoms. The Hall–Kier alpha value is -1.20. The molecule has 0 saturated heterocycles. The summed E-state index contributed by atoms with van der Waals surface area (Å²) in [6.07, 6.45) is 7.18. The maximum atomic E-state index is 13.1. The van der Waals surface area contributed by atoms with Crippen molar-refractivity contribution in [2.45, 2.75) is 37.5 Å². The van der Waals surface area contributed by atoms with Crippen LogP contribution in [0.15, 0.2) is 29.1 Å². The fourth-order valence-corrected chi connectivity index (χ4v) is 4.65. The van der Waals surface area contributed by atoms with Gasteiger partial charge < -0.3 is 0 Å². The van der Waals surface area contributed by atoms with Crippen LogP contribution < -0.4 is 4.90 Å². The van der Waals surface area contributed by atoms with Crippen molar-refractivity contribution in [3.05, 3.63) is 34.0 Å². The number of likely N-dealkylation sites (N-methyl/N-ethyl adjacent to an activating group) is 1. The smallest absolute Gasteiger partial charge is 0.239 e. The maximum absolute atomic E-state index is 13.1. The van der Waals surface area contributed by atoms with Crippen molar-refractivity contribution in [3.8, 4) is 0 Å². The molecule has 0 aromatic carbocycles. The fraction of sp³-hybridized carbons (Fsp3) is 0.467. The summed E-state index contributed by atoms with van der Waals surface area (Å²) in [5, 5.41) is 4.77. The summed E-state index contributed by atoms with van der Waals surface area (Å²) in [6.45, 7) is 0. The lowest BCUT2D eigenvalue weighted by molar-refractivity contribution is -0.124. The molecule has 0 radical (unpaired) electrons. The Morgan fingerprint density at radius 2 is 2.05 bits per heavy atom. The van der Waals surface area contributed by atoms with Gasteiger partial charge >= 0.3 is 0 Å². The van der Waals surface area contributed by atoms with Gasteiger partial charge in [-0.25, -0.2) is 4.98 Å². The molecule has 0 spiro atoms. The molecular weight excluding hydrogens is 288 g/mol. The first-order chi connectivity index (χ1) is 9.74. The molecule has 1 saturated carbocycles. The van der Waals surface area contributed by atoms with Crippen molar-refractivity contribution in [1.82, 2.24) is 4.98 Å². The molecule has 0 N–H and O–H groups in total. The minimum Gasteiger partial charge on any atom is -0.290 e. The molecule has 3 nitrogen and oxygen atoms in total. The Bertz CT molecular complexity index is 557. The second-order valence-corrected chi connectivity index (χ2v) is 7.12. The van der Waals surface area contributed by atoms with E-state index in [1.807, 2.05) is 18.5 Å². The number of aromatic nitrogens is 1. The minimum atomic E-state index is -0.327. The van der Waals surface area contributed by atoms with Gasteiger partial charge in [-0.3, -0.25) is 9.69 Å². The highest BCUT2D eigenvalue weighted by atomic mass is 32.1. The standard InChI is InChI=1S/C15H18N2OS2/c1-17(14-16-9-11-20-14)13(18)15(7-3-2-4-8-15)12-6-5-10-19-12/h5-6,9-11H,2-4,7-8H2,1H3. The Kier molecular flexibility index (Phi) is 3.89. The third-order valence-corrected chi connectivity index (χ3v) is 6.04. The summed E-state index contributed by atoms with van der Waals surface area (Å²) < 4.78 is 0. The lowest BCUT2D eigenvalue weighted by Gasteiger charge is -2.37. The van der Waals surface area contributed by atoms with E-state index < -0.39 is 0 Å². The van der Waals surface area contributed by atoms with Gasteiger partial charge in [-0.15, -0.1) is 22.7 Å². The Labute approximate surface area is 127 Å². The molecule has 0 bridgehead atoms. The lowest BCUT2D eigenvalue weighted by atomic mass is 9.72. The molecule has 1 amide bonds. The molecule has 2 aromatic rings. The van der Waals surface area contributed by atoms with Crippen LogP contribution in [0.25, 0.3) is 0 Å². The quantitative estimate of drug-likeness (QED) is 0.856. The van der Waals surface area contributed by atoms with Crippen LogP contribution in [0.1, 0.15) is 37.0 Å². The topological polar surface area (TPSA) is 33.2 Å². The fourth-order valence-electron chi connectivity index (χ4n) is 3.06. The largest absolute Gasteiger partial charge is 0.290 e. The first-order valence-electron chi connectivity index (χ1n) is 6.96. The SMILES string of the molecule is CN(C(=O)C1(c2cccs2)CCCCC1)c1nccs1. The van der Waals surface area contributed by atoms with Gasteiger partial charge in [0.2, 0.25) is 5.91 Å². The highest BCUT2D eigenvalue weighted by molar-refractivity contribution is 7.13. The molecule has 106 valence electrons. The lowest BCUT2D eigenvalue weighted by Crippen LogP contribution is -2.46. The van der Waals surface area contributed by atoms with Crippen molar-refractivity contribution < 1.29 is 4.79 Å². The van der Waals surface area contributed by atoms with Crippen LogP contribution in [-0.2, 0) is 10.2 Å². The van der Waals surface area contributed by atoms with Crippen LogP contribution in [0.2, 0.25) is 0 Å². The first kappa shape index (κ1) is 13.8. The molecular formula is C15H18N2OS2. The van der Waals surface area contributed by atoms with Crippen LogP contribution in [0.5, 0.6) is 0 Å². The van der Waals surface area contributed by atoms with Gasteiger partial charge in [0.25, 0.3) is 0 Å². The van der Waals surface area contributed by atoms with Crippen LogP contribution >= 0.6 is 22.7 Å². The van der Waals surface area contributed by atoms with Crippen LogP contribution in [-0.4, -0.2) is 17.9 Å². The number of thiazole rings is 1. The minimum absolute atomic E-state index is 0.203. The number of nitrogens with zero attached hydrogens (tertiary/aromatic N) is 2. The normalized spacial score (nSPS) is 17.9. The van der Waals surface area contributed by atoms with Crippen molar-refractivity contribution in [2.75, 3.05) is 11.9 Å². The van der Waals surface area contributed by atoms with E-state index in [2.05, 4.69) is 16.4 Å². The molecule has 2 aromatic heterocycles. The zero-order valence-electron chi connectivity index (χ0n) is 11.5. The molecule has 1 aliphatic carbocycles. The van der Waals surface area contributed by atoms with Crippen molar-refractivity contribution in [1.29, 1.82) is 0 Å². The van der Waals surface area contributed by atoms with Gasteiger partial charge in [-0.1, -0.05) is 25.3 Å². The van der Waals surface area contributed by atoms with Gasteiger partial charge in [-0.05, 0) is 24.3 Å². The number of amides is 1. The number of carbonyl (C=O) groups excluding carboxylic acids is 1.